The van der Waals surface area contributed by atoms with Crippen molar-refractivity contribution in [3.63, 3.8) is 0 Å². The monoisotopic (exact) mass is 304 g/mol. The van der Waals surface area contributed by atoms with Gasteiger partial charge in [-0.2, -0.15) is 0 Å². The minimum absolute atomic E-state index is 0.00260. The van der Waals surface area contributed by atoms with Gasteiger partial charge >= 0.3 is 0 Å². The number of amides is 1. The highest BCUT2D eigenvalue weighted by atomic mass is 16.5. The van der Waals surface area contributed by atoms with E-state index in [1.54, 1.807) is 0 Å². The molecular formula is C18H28N2O2. The van der Waals surface area contributed by atoms with Gasteiger partial charge in [0.05, 0.1) is 12.1 Å². The van der Waals surface area contributed by atoms with Crippen LogP contribution in [0, 0.1) is 0 Å². The smallest absolute Gasteiger partial charge is 0.237 e. The molecule has 1 saturated heterocycles. The minimum atomic E-state index is -0.0338. The van der Waals surface area contributed by atoms with E-state index >= 15 is 0 Å². The third-order valence-electron chi connectivity index (χ3n) is 3.99. The number of carbonyl (C=O) groups excluding carboxylic acids is 1. The zero-order valence-electron chi connectivity index (χ0n) is 14.1. The molecule has 2 unspecified atom stereocenters. The Kier molecular flexibility index (Phi) is 5.46. The molecule has 22 heavy (non-hydrogen) atoms. The maximum Gasteiger partial charge on any atom is 0.237 e. The molecule has 1 aliphatic heterocycles. The molecule has 1 heterocycles. The second-order valence-electron chi connectivity index (χ2n) is 7.14. The highest BCUT2D eigenvalue weighted by molar-refractivity contribution is 5.82. The number of hydrogen-bond donors (Lipinski definition) is 2. The molecule has 2 atom stereocenters. The number of hydrogen-bond acceptors (Lipinski definition) is 3. The van der Waals surface area contributed by atoms with Crippen LogP contribution in [0.25, 0.3) is 0 Å². The van der Waals surface area contributed by atoms with Crippen molar-refractivity contribution in [1.29, 1.82) is 0 Å². The lowest BCUT2D eigenvalue weighted by molar-refractivity contribution is -0.123. The quantitative estimate of drug-likeness (QED) is 0.879. The maximum absolute atomic E-state index is 12.0. The summed E-state index contributed by atoms with van der Waals surface area (Å²) in [5.41, 5.74) is 1.43. The molecule has 2 N–H and O–H groups in total. The van der Waals surface area contributed by atoms with Crippen LogP contribution >= 0.6 is 0 Å². The van der Waals surface area contributed by atoms with Crippen molar-refractivity contribution in [3.05, 3.63) is 29.8 Å². The van der Waals surface area contributed by atoms with Crippen LogP contribution in [0.15, 0.2) is 24.3 Å². The van der Waals surface area contributed by atoms with Gasteiger partial charge in [0.25, 0.3) is 0 Å². The van der Waals surface area contributed by atoms with E-state index < -0.39 is 0 Å². The van der Waals surface area contributed by atoms with Crippen molar-refractivity contribution >= 4 is 5.91 Å². The molecule has 0 aromatic heterocycles. The predicted molar refractivity (Wildman–Crippen MR) is 89.3 cm³/mol. The SMILES string of the molecule is CC(COc1ccc(C(C)(C)C)cc1)NC(=O)C1CCCN1. The summed E-state index contributed by atoms with van der Waals surface area (Å²) >= 11 is 0. The number of benzene rings is 1. The zero-order valence-corrected chi connectivity index (χ0v) is 14.1. The van der Waals surface area contributed by atoms with E-state index in [-0.39, 0.29) is 23.4 Å². The van der Waals surface area contributed by atoms with Gasteiger partial charge in [0.2, 0.25) is 5.91 Å². The molecule has 4 nitrogen and oxygen atoms in total. The van der Waals surface area contributed by atoms with Crippen molar-refractivity contribution in [2.75, 3.05) is 13.2 Å². The first kappa shape index (κ1) is 16.8. The van der Waals surface area contributed by atoms with Crippen molar-refractivity contribution < 1.29 is 9.53 Å². The summed E-state index contributed by atoms with van der Waals surface area (Å²) < 4.78 is 5.76. The summed E-state index contributed by atoms with van der Waals surface area (Å²) in [5, 5.41) is 6.20. The molecule has 1 fully saturated rings. The first-order chi connectivity index (χ1) is 10.4. The molecule has 2 rings (SSSR count). The zero-order chi connectivity index (χ0) is 16.2. The minimum Gasteiger partial charge on any atom is -0.491 e. The fourth-order valence-corrected chi connectivity index (χ4v) is 2.57. The molecule has 122 valence electrons. The van der Waals surface area contributed by atoms with Gasteiger partial charge in [-0.25, -0.2) is 0 Å². The Morgan fingerprint density at radius 3 is 2.59 bits per heavy atom. The Hall–Kier alpha value is -1.55. The molecule has 0 radical (unpaired) electrons. The van der Waals surface area contributed by atoms with Gasteiger partial charge in [-0.05, 0) is 49.4 Å². The molecule has 1 aromatic carbocycles. The first-order valence-corrected chi connectivity index (χ1v) is 8.13. The first-order valence-electron chi connectivity index (χ1n) is 8.13. The predicted octanol–water partition coefficient (Wildman–Crippen LogP) is 2.62. The van der Waals surface area contributed by atoms with Gasteiger partial charge in [-0.1, -0.05) is 32.9 Å². The topological polar surface area (TPSA) is 50.4 Å². The Morgan fingerprint density at radius 2 is 2.05 bits per heavy atom. The third kappa shape index (κ3) is 4.73. The lowest BCUT2D eigenvalue weighted by Gasteiger charge is -2.20. The standard InChI is InChI=1S/C18H28N2O2/c1-13(20-17(21)16-6-5-11-19-16)12-22-15-9-7-14(8-10-15)18(2,3)4/h7-10,13,16,19H,5-6,11-12H2,1-4H3,(H,20,21). The molecule has 0 spiro atoms. The highest BCUT2D eigenvalue weighted by Gasteiger charge is 2.23. The summed E-state index contributed by atoms with van der Waals surface area (Å²) in [6, 6.07) is 8.15. The van der Waals surface area contributed by atoms with E-state index in [1.165, 1.54) is 5.56 Å². The fraction of sp³-hybridized carbons (Fsp3) is 0.611. The van der Waals surface area contributed by atoms with E-state index in [0.717, 1.165) is 25.1 Å². The molecule has 4 heteroatoms. The molecule has 1 aliphatic rings. The Morgan fingerprint density at radius 1 is 1.36 bits per heavy atom. The average molecular weight is 304 g/mol. The van der Waals surface area contributed by atoms with E-state index in [0.29, 0.717) is 6.61 Å². The molecule has 1 amide bonds. The van der Waals surface area contributed by atoms with Crippen LogP contribution in [0.3, 0.4) is 0 Å². The fourth-order valence-electron chi connectivity index (χ4n) is 2.57. The Labute approximate surface area is 133 Å². The van der Waals surface area contributed by atoms with Crippen LogP contribution in [-0.4, -0.2) is 31.1 Å². The molecule has 0 bridgehead atoms. The van der Waals surface area contributed by atoms with Crippen LogP contribution in [0.1, 0.15) is 46.1 Å². The summed E-state index contributed by atoms with van der Waals surface area (Å²) in [4.78, 5) is 12.0. The normalized spacial score (nSPS) is 19.7. The van der Waals surface area contributed by atoms with E-state index in [2.05, 4.69) is 43.5 Å². The largest absolute Gasteiger partial charge is 0.491 e. The van der Waals surface area contributed by atoms with Gasteiger partial charge in [0.1, 0.15) is 12.4 Å². The Balaban J connectivity index is 1.78. The van der Waals surface area contributed by atoms with Crippen molar-refractivity contribution in [2.45, 2.75) is 58.0 Å². The summed E-state index contributed by atoms with van der Waals surface area (Å²) in [7, 11) is 0. The van der Waals surface area contributed by atoms with Gasteiger partial charge in [0, 0.05) is 0 Å². The molecular weight excluding hydrogens is 276 g/mol. The van der Waals surface area contributed by atoms with Crippen LogP contribution in [-0.2, 0) is 10.2 Å². The van der Waals surface area contributed by atoms with Gasteiger partial charge in [0.15, 0.2) is 0 Å². The van der Waals surface area contributed by atoms with Crippen molar-refractivity contribution in [3.8, 4) is 5.75 Å². The highest BCUT2D eigenvalue weighted by Crippen LogP contribution is 2.24. The second-order valence-corrected chi connectivity index (χ2v) is 7.14. The van der Waals surface area contributed by atoms with E-state index in [1.807, 2.05) is 19.1 Å². The summed E-state index contributed by atoms with van der Waals surface area (Å²) in [6.45, 7) is 9.96. The van der Waals surface area contributed by atoms with Crippen molar-refractivity contribution in [2.24, 2.45) is 0 Å². The second kappa shape index (κ2) is 7.14. The lowest BCUT2D eigenvalue weighted by Crippen LogP contribution is -2.46. The van der Waals surface area contributed by atoms with Crippen LogP contribution in [0.5, 0.6) is 5.75 Å². The Bertz CT molecular complexity index is 485. The van der Waals surface area contributed by atoms with Gasteiger partial charge in [-0.3, -0.25) is 4.79 Å². The number of rotatable bonds is 5. The van der Waals surface area contributed by atoms with Gasteiger partial charge in [-0.15, -0.1) is 0 Å². The summed E-state index contributed by atoms with van der Waals surface area (Å²) in [5.74, 6) is 0.921. The number of nitrogens with one attached hydrogen (secondary N) is 2. The van der Waals surface area contributed by atoms with Crippen LogP contribution in [0.2, 0.25) is 0 Å². The molecule has 1 aromatic rings. The van der Waals surface area contributed by atoms with E-state index in [4.69, 9.17) is 4.74 Å². The number of carbonyl (C=O) groups is 1. The summed E-state index contributed by atoms with van der Waals surface area (Å²) in [6.07, 6.45) is 2.00. The van der Waals surface area contributed by atoms with Crippen LogP contribution < -0.4 is 15.4 Å². The van der Waals surface area contributed by atoms with Crippen LogP contribution in [0.4, 0.5) is 0 Å². The molecule has 0 aliphatic carbocycles. The maximum atomic E-state index is 12.0. The third-order valence-corrected chi connectivity index (χ3v) is 3.99. The molecule has 0 saturated carbocycles. The van der Waals surface area contributed by atoms with E-state index in [9.17, 15) is 4.79 Å². The van der Waals surface area contributed by atoms with Gasteiger partial charge < -0.3 is 15.4 Å². The number of ether oxygens (including phenoxy) is 1. The van der Waals surface area contributed by atoms with Crippen molar-refractivity contribution in [1.82, 2.24) is 10.6 Å². The lowest BCUT2D eigenvalue weighted by atomic mass is 9.87. The average Bonchev–Trinajstić information content (AvgIpc) is 2.99.